The van der Waals surface area contributed by atoms with Crippen LogP contribution in [0.5, 0.6) is 17.2 Å². The first-order valence-corrected chi connectivity index (χ1v) is 6.31. The Morgan fingerprint density at radius 3 is 2.15 bits per heavy atom. The van der Waals surface area contributed by atoms with E-state index in [0.29, 0.717) is 23.8 Å². The summed E-state index contributed by atoms with van der Waals surface area (Å²) in [5, 5.41) is 5.72. The van der Waals surface area contributed by atoms with Gasteiger partial charge in [0.2, 0.25) is 5.91 Å². The minimum absolute atomic E-state index is 0.0793. The molecule has 112 valence electrons. The first kappa shape index (κ1) is 16.1. The average molecular weight is 282 g/mol. The smallest absolute Gasteiger partial charge is 0.237 e. The molecular weight excluding hydrogens is 260 g/mol. The second-order valence-electron chi connectivity index (χ2n) is 4.25. The normalized spacial score (nSPS) is 11.7. The van der Waals surface area contributed by atoms with Crippen molar-refractivity contribution < 1.29 is 19.0 Å². The standard InChI is InChI=1S/C14H22N2O4/c1-9(15-2)14(17)16-8-10-6-12(19-4)13(20-5)7-11(10)18-3/h6-7,9,15H,8H2,1-5H3,(H,16,17). The van der Waals surface area contributed by atoms with Crippen LogP contribution in [-0.2, 0) is 11.3 Å². The lowest BCUT2D eigenvalue weighted by Gasteiger charge is -2.16. The van der Waals surface area contributed by atoms with E-state index in [0.717, 1.165) is 5.56 Å². The molecule has 0 saturated carbocycles. The molecule has 6 heteroatoms. The van der Waals surface area contributed by atoms with Gasteiger partial charge >= 0.3 is 0 Å². The summed E-state index contributed by atoms with van der Waals surface area (Å²) in [6.07, 6.45) is 0. The summed E-state index contributed by atoms with van der Waals surface area (Å²) in [6, 6.07) is 3.28. The predicted molar refractivity (Wildman–Crippen MR) is 76.5 cm³/mol. The Morgan fingerprint density at radius 2 is 1.65 bits per heavy atom. The van der Waals surface area contributed by atoms with Gasteiger partial charge in [-0.1, -0.05) is 0 Å². The van der Waals surface area contributed by atoms with Crippen LogP contribution in [0.4, 0.5) is 0 Å². The largest absolute Gasteiger partial charge is 0.496 e. The van der Waals surface area contributed by atoms with Gasteiger partial charge in [-0.2, -0.15) is 0 Å². The summed E-state index contributed by atoms with van der Waals surface area (Å²) < 4.78 is 15.8. The number of nitrogens with one attached hydrogen (secondary N) is 2. The fourth-order valence-corrected chi connectivity index (χ4v) is 1.70. The van der Waals surface area contributed by atoms with Crippen molar-refractivity contribution in [3.8, 4) is 17.2 Å². The van der Waals surface area contributed by atoms with E-state index < -0.39 is 0 Å². The number of methoxy groups -OCH3 is 3. The third-order valence-electron chi connectivity index (χ3n) is 3.07. The molecule has 0 heterocycles. The second kappa shape index (κ2) is 7.59. The topological polar surface area (TPSA) is 68.8 Å². The molecular formula is C14H22N2O4. The van der Waals surface area contributed by atoms with E-state index in [1.54, 1.807) is 47.4 Å². The molecule has 0 spiro atoms. The monoisotopic (exact) mass is 282 g/mol. The van der Waals surface area contributed by atoms with Gasteiger partial charge in [0.1, 0.15) is 5.75 Å². The Labute approximate surface area is 119 Å². The minimum Gasteiger partial charge on any atom is -0.496 e. The Bertz CT molecular complexity index is 463. The molecule has 1 unspecified atom stereocenters. The number of hydrogen-bond donors (Lipinski definition) is 2. The van der Waals surface area contributed by atoms with Crippen LogP contribution < -0.4 is 24.8 Å². The highest BCUT2D eigenvalue weighted by molar-refractivity contribution is 5.81. The fraction of sp³-hybridized carbons (Fsp3) is 0.500. The molecule has 0 radical (unpaired) electrons. The van der Waals surface area contributed by atoms with Crippen LogP contribution in [0.1, 0.15) is 12.5 Å². The van der Waals surface area contributed by atoms with Crippen LogP contribution in [0.3, 0.4) is 0 Å². The van der Waals surface area contributed by atoms with Crippen LogP contribution in [0.25, 0.3) is 0 Å². The van der Waals surface area contributed by atoms with Crippen LogP contribution >= 0.6 is 0 Å². The zero-order chi connectivity index (χ0) is 15.1. The first-order chi connectivity index (χ1) is 9.57. The Kier molecular flexibility index (Phi) is 6.11. The van der Waals surface area contributed by atoms with Gasteiger partial charge in [0, 0.05) is 18.2 Å². The number of carbonyl (C=O) groups is 1. The molecule has 1 aromatic carbocycles. The average Bonchev–Trinajstić information content (AvgIpc) is 2.50. The van der Waals surface area contributed by atoms with Crippen LogP contribution in [0.2, 0.25) is 0 Å². The molecule has 1 aromatic rings. The van der Waals surface area contributed by atoms with E-state index in [1.807, 2.05) is 0 Å². The summed E-state index contributed by atoms with van der Waals surface area (Å²) in [7, 11) is 6.44. The van der Waals surface area contributed by atoms with Crippen LogP contribution in [-0.4, -0.2) is 40.3 Å². The van der Waals surface area contributed by atoms with Gasteiger partial charge < -0.3 is 24.8 Å². The lowest BCUT2D eigenvalue weighted by molar-refractivity contribution is -0.122. The molecule has 0 fully saturated rings. The highest BCUT2D eigenvalue weighted by Crippen LogP contribution is 2.34. The molecule has 0 aliphatic carbocycles. The van der Waals surface area contributed by atoms with Crippen LogP contribution in [0, 0.1) is 0 Å². The molecule has 0 bridgehead atoms. The number of ether oxygens (including phenoxy) is 3. The van der Waals surface area contributed by atoms with E-state index in [-0.39, 0.29) is 11.9 Å². The predicted octanol–water partition coefficient (Wildman–Crippen LogP) is 0.936. The number of amides is 1. The highest BCUT2D eigenvalue weighted by atomic mass is 16.5. The van der Waals surface area contributed by atoms with Crippen molar-refractivity contribution in [2.24, 2.45) is 0 Å². The summed E-state index contributed by atoms with van der Waals surface area (Å²) in [5.41, 5.74) is 0.821. The number of carbonyl (C=O) groups excluding carboxylic acids is 1. The van der Waals surface area contributed by atoms with Crippen molar-refractivity contribution in [1.29, 1.82) is 0 Å². The van der Waals surface area contributed by atoms with Crippen molar-refractivity contribution in [2.45, 2.75) is 19.5 Å². The summed E-state index contributed by atoms with van der Waals surface area (Å²) >= 11 is 0. The molecule has 20 heavy (non-hydrogen) atoms. The molecule has 0 aliphatic rings. The maximum absolute atomic E-state index is 11.8. The van der Waals surface area contributed by atoms with E-state index in [2.05, 4.69) is 10.6 Å². The van der Waals surface area contributed by atoms with Crippen molar-refractivity contribution >= 4 is 5.91 Å². The van der Waals surface area contributed by atoms with Crippen molar-refractivity contribution in [3.05, 3.63) is 17.7 Å². The number of hydrogen-bond acceptors (Lipinski definition) is 5. The van der Waals surface area contributed by atoms with Gasteiger partial charge in [0.05, 0.1) is 27.4 Å². The van der Waals surface area contributed by atoms with Crippen LogP contribution in [0.15, 0.2) is 12.1 Å². The third-order valence-corrected chi connectivity index (χ3v) is 3.07. The molecule has 1 amide bonds. The van der Waals surface area contributed by atoms with E-state index in [4.69, 9.17) is 14.2 Å². The molecule has 2 N–H and O–H groups in total. The maximum atomic E-state index is 11.8. The summed E-state index contributed by atoms with van der Waals surface area (Å²) in [4.78, 5) is 11.8. The molecule has 6 nitrogen and oxygen atoms in total. The van der Waals surface area contributed by atoms with E-state index in [1.165, 1.54) is 0 Å². The number of rotatable bonds is 7. The van der Waals surface area contributed by atoms with Gasteiger partial charge in [-0.25, -0.2) is 0 Å². The van der Waals surface area contributed by atoms with Gasteiger partial charge in [0.25, 0.3) is 0 Å². The quantitative estimate of drug-likeness (QED) is 0.779. The van der Waals surface area contributed by atoms with Crippen molar-refractivity contribution in [3.63, 3.8) is 0 Å². The summed E-state index contributed by atoms with van der Waals surface area (Å²) in [6.45, 7) is 2.15. The molecule has 1 rings (SSSR count). The number of benzene rings is 1. The maximum Gasteiger partial charge on any atom is 0.237 e. The Hall–Kier alpha value is -1.95. The fourth-order valence-electron chi connectivity index (χ4n) is 1.70. The van der Waals surface area contributed by atoms with Gasteiger partial charge in [-0.05, 0) is 20.0 Å². The molecule has 0 aliphatic heterocycles. The summed E-state index contributed by atoms with van der Waals surface area (Å²) in [5.74, 6) is 1.74. The SMILES string of the molecule is CNC(C)C(=O)NCc1cc(OC)c(OC)cc1OC. The Morgan fingerprint density at radius 1 is 1.10 bits per heavy atom. The highest BCUT2D eigenvalue weighted by Gasteiger charge is 2.14. The third kappa shape index (κ3) is 3.77. The molecule has 1 atom stereocenters. The van der Waals surface area contributed by atoms with E-state index in [9.17, 15) is 4.79 Å². The minimum atomic E-state index is -0.249. The van der Waals surface area contributed by atoms with Gasteiger partial charge in [-0.15, -0.1) is 0 Å². The van der Waals surface area contributed by atoms with Crippen molar-refractivity contribution in [2.75, 3.05) is 28.4 Å². The molecule has 0 aromatic heterocycles. The lowest BCUT2D eigenvalue weighted by atomic mass is 10.1. The number of likely N-dealkylation sites (N-methyl/N-ethyl adjacent to an activating group) is 1. The van der Waals surface area contributed by atoms with Crippen molar-refractivity contribution in [1.82, 2.24) is 10.6 Å². The lowest BCUT2D eigenvalue weighted by Crippen LogP contribution is -2.40. The van der Waals surface area contributed by atoms with E-state index >= 15 is 0 Å². The molecule has 0 saturated heterocycles. The Balaban J connectivity index is 2.91. The zero-order valence-corrected chi connectivity index (χ0v) is 12.6. The first-order valence-electron chi connectivity index (χ1n) is 6.31. The zero-order valence-electron chi connectivity index (χ0n) is 12.6. The van der Waals surface area contributed by atoms with Gasteiger partial charge in [-0.3, -0.25) is 4.79 Å². The second-order valence-corrected chi connectivity index (χ2v) is 4.25. The van der Waals surface area contributed by atoms with Gasteiger partial charge in [0.15, 0.2) is 11.5 Å².